The molecule has 0 aliphatic heterocycles. The minimum absolute atomic E-state index is 0.198. The summed E-state index contributed by atoms with van der Waals surface area (Å²) in [6, 6.07) is 0. The molecule has 0 saturated heterocycles. The molecule has 0 aromatic carbocycles. The highest BCUT2D eigenvalue weighted by atomic mass is 31.2. The fraction of sp³-hybridized carbons (Fsp3) is 0.721. The van der Waals surface area contributed by atoms with Gasteiger partial charge in [-0.25, -0.2) is 4.57 Å². The third-order valence-electron chi connectivity index (χ3n) is 8.52. The molecule has 0 unspecified atom stereocenters. The van der Waals surface area contributed by atoms with Gasteiger partial charge in [-0.1, -0.05) is 152 Å². The van der Waals surface area contributed by atoms with Crippen LogP contribution in [0.2, 0.25) is 0 Å². The van der Waals surface area contributed by atoms with Gasteiger partial charge >= 0.3 is 19.8 Å². The molecule has 0 spiro atoms. The number of phosphoric ester groups is 1. The van der Waals surface area contributed by atoms with Gasteiger partial charge in [0.25, 0.3) is 0 Å². The second-order valence-electron chi connectivity index (χ2n) is 13.6. The zero-order valence-corrected chi connectivity index (χ0v) is 33.8. The summed E-state index contributed by atoms with van der Waals surface area (Å²) in [7, 11) is -4.76. The number of esters is 2. The molecule has 300 valence electrons. The topological polar surface area (TPSA) is 119 Å². The Balaban J connectivity index is 3.98. The lowest BCUT2D eigenvalue weighted by molar-refractivity contribution is -0.161. The smallest absolute Gasteiger partial charge is 0.462 e. The molecule has 52 heavy (non-hydrogen) atoms. The second-order valence-corrected chi connectivity index (χ2v) is 14.8. The predicted octanol–water partition coefficient (Wildman–Crippen LogP) is 12.5. The van der Waals surface area contributed by atoms with Crippen molar-refractivity contribution >= 4 is 19.8 Å². The Morgan fingerprint density at radius 3 is 1.44 bits per heavy atom. The van der Waals surface area contributed by atoms with Gasteiger partial charge in [-0.3, -0.25) is 14.1 Å². The van der Waals surface area contributed by atoms with Crippen molar-refractivity contribution in [2.24, 2.45) is 0 Å². The van der Waals surface area contributed by atoms with Gasteiger partial charge in [-0.15, -0.1) is 0 Å². The SMILES string of the molecule is CC/C=C\C/C=C\C/C=C\C/C=C\CCCCC(=O)OC[C@H](COP(=O)(O)O)OC(=O)CCCCCCCCCCC/C=C\CCCCCCCC. The summed E-state index contributed by atoms with van der Waals surface area (Å²) in [5.74, 6) is -0.938. The van der Waals surface area contributed by atoms with Crippen molar-refractivity contribution in [3.05, 3.63) is 60.8 Å². The number of rotatable bonds is 37. The summed E-state index contributed by atoms with van der Waals surface area (Å²) in [5.41, 5.74) is 0. The van der Waals surface area contributed by atoms with Crippen molar-refractivity contribution < 1.29 is 37.9 Å². The average molecular weight is 751 g/mol. The molecule has 0 radical (unpaired) electrons. The zero-order valence-electron chi connectivity index (χ0n) is 32.9. The molecule has 0 saturated carbocycles. The van der Waals surface area contributed by atoms with Gasteiger partial charge in [-0.2, -0.15) is 0 Å². The fourth-order valence-corrected chi connectivity index (χ4v) is 5.84. The molecule has 1 atom stereocenters. The highest BCUT2D eigenvalue weighted by Crippen LogP contribution is 2.36. The molecule has 0 aromatic heterocycles. The third-order valence-corrected chi connectivity index (χ3v) is 9.01. The van der Waals surface area contributed by atoms with Gasteiger partial charge in [0.15, 0.2) is 6.10 Å². The van der Waals surface area contributed by atoms with E-state index in [2.05, 4.69) is 79.1 Å². The lowest BCUT2D eigenvalue weighted by Crippen LogP contribution is -2.29. The number of ether oxygens (including phenoxy) is 2. The molecule has 9 heteroatoms. The normalized spacial score (nSPS) is 13.1. The van der Waals surface area contributed by atoms with Crippen LogP contribution in [0.3, 0.4) is 0 Å². The molecule has 0 aliphatic rings. The van der Waals surface area contributed by atoms with Crippen LogP contribution >= 0.6 is 7.82 Å². The number of hydrogen-bond donors (Lipinski definition) is 2. The van der Waals surface area contributed by atoms with Crippen molar-refractivity contribution in [2.45, 2.75) is 187 Å². The highest BCUT2D eigenvalue weighted by molar-refractivity contribution is 7.46. The van der Waals surface area contributed by atoms with Gasteiger partial charge in [0.2, 0.25) is 0 Å². The number of carbonyl (C=O) groups excluding carboxylic acids is 2. The Bertz CT molecular complexity index is 1030. The van der Waals surface area contributed by atoms with Crippen LogP contribution in [0.1, 0.15) is 181 Å². The van der Waals surface area contributed by atoms with E-state index < -0.39 is 32.5 Å². The van der Waals surface area contributed by atoms with Crippen LogP contribution in [0, 0.1) is 0 Å². The quantitative estimate of drug-likeness (QED) is 0.0279. The molecule has 8 nitrogen and oxygen atoms in total. The van der Waals surface area contributed by atoms with E-state index in [9.17, 15) is 14.2 Å². The fourth-order valence-electron chi connectivity index (χ4n) is 5.48. The molecule has 0 fully saturated rings. The number of unbranched alkanes of at least 4 members (excludes halogenated alkanes) is 17. The third kappa shape index (κ3) is 40.5. The first-order valence-electron chi connectivity index (χ1n) is 20.6. The Labute approximate surface area is 317 Å². The van der Waals surface area contributed by atoms with Gasteiger partial charge in [-0.05, 0) is 77.0 Å². The van der Waals surface area contributed by atoms with E-state index in [-0.39, 0.29) is 19.4 Å². The summed E-state index contributed by atoms with van der Waals surface area (Å²) in [5, 5.41) is 0. The second kappa shape index (κ2) is 38.5. The maximum absolute atomic E-state index is 12.4. The summed E-state index contributed by atoms with van der Waals surface area (Å²) in [6.45, 7) is 3.53. The number of hydrogen-bond acceptors (Lipinski definition) is 6. The minimum atomic E-state index is -4.76. The van der Waals surface area contributed by atoms with E-state index in [1.807, 2.05) is 0 Å². The number of carbonyl (C=O) groups is 2. The highest BCUT2D eigenvalue weighted by Gasteiger charge is 2.22. The number of allylic oxidation sites excluding steroid dienone is 10. The van der Waals surface area contributed by atoms with Crippen LogP contribution < -0.4 is 0 Å². The molecular formula is C43H75O8P. The van der Waals surface area contributed by atoms with Crippen LogP contribution in [-0.4, -0.2) is 41.0 Å². The van der Waals surface area contributed by atoms with E-state index in [0.717, 1.165) is 57.8 Å². The number of phosphoric acid groups is 1. The van der Waals surface area contributed by atoms with E-state index in [1.165, 1.54) is 83.5 Å². The largest absolute Gasteiger partial charge is 0.469 e. The molecule has 0 heterocycles. The molecule has 0 aromatic rings. The van der Waals surface area contributed by atoms with Gasteiger partial charge < -0.3 is 19.3 Å². The van der Waals surface area contributed by atoms with E-state index in [1.54, 1.807) is 0 Å². The standard InChI is InChI=1S/C43H75O8P/c1-3-5-7-9-11-13-15-17-19-20-21-22-24-26-28-30-32-34-36-38-43(45)51-41(40-50-52(46,47)48)39-49-42(44)37-35-33-31-29-27-25-23-18-16-14-12-10-8-6-4-2/h6,8,12,14,17-19,23,27,29,41H,3-5,7,9-11,13,15-16,20-22,24-26,28,30-40H2,1-2H3,(H2,46,47,48)/b8-6-,14-12-,19-17-,23-18-,29-27-/t41-/m1/s1. The van der Waals surface area contributed by atoms with Crippen molar-refractivity contribution in [1.29, 1.82) is 0 Å². The molecule has 0 bridgehead atoms. The van der Waals surface area contributed by atoms with Gasteiger partial charge in [0, 0.05) is 12.8 Å². The minimum Gasteiger partial charge on any atom is -0.462 e. The van der Waals surface area contributed by atoms with Gasteiger partial charge in [0.05, 0.1) is 6.61 Å². The molecule has 0 rings (SSSR count). The van der Waals surface area contributed by atoms with Crippen LogP contribution in [0.5, 0.6) is 0 Å². The lowest BCUT2D eigenvalue weighted by Gasteiger charge is -2.18. The van der Waals surface area contributed by atoms with Crippen LogP contribution in [0.4, 0.5) is 0 Å². The van der Waals surface area contributed by atoms with E-state index >= 15 is 0 Å². The first-order valence-corrected chi connectivity index (χ1v) is 22.1. The van der Waals surface area contributed by atoms with E-state index in [4.69, 9.17) is 19.3 Å². The summed E-state index contributed by atoms with van der Waals surface area (Å²) in [6.07, 6.45) is 48.0. The Kier molecular flexibility index (Phi) is 36.8. The Hall–Kier alpha value is -2.25. The first kappa shape index (κ1) is 49.8. The van der Waals surface area contributed by atoms with Crippen molar-refractivity contribution in [3.8, 4) is 0 Å². The summed E-state index contributed by atoms with van der Waals surface area (Å²) in [4.78, 5) is 42.8. The Morgan fingerprint density at radius 2 is 0.923 bits per heavy atom. The molecule has 0 amide bonds. The molecule has 2 N–H and O–H groups in total. The average Bonchev–Trinajstić information content (AvgIpc) is 3.11. The Morgan fingerprint density at radius 1 is 0.519 bits per heavy atom. The van der Waals surface area contributed by atoms with E-state index in [0.29, 0.717) is 12.8 Å². The van der Waals surface area contributed by atoms with Crippen molar-refractivity contribution in [1.82, 2.24) is 0 Å². The maximum Gasteiger partial charge on any atom is 0.469 e. The van der Waals surface area contributed by atoms with Crippen LogP contribution in [-0.2, 0) is 28.2 Å². The van der Waals surface area contributed by atoms with Crippen LogP contribution in [0.15, 0.2) is 60.8 Å². The molecule has 0 aliphatic carbocycles. The monoisotopic (exact) mass is 751 g/mol. The van der Waals surface area contributed by atoms with Crippen molar-refractivity contribution in [2.75, 3.05) is 13.2 Å². The summed E-state index contributed by atoms with van der Waals surface area (Å²) < 4.78 is 26.3. The summed E-state index contributed by atoms with van der Waals surface area (Å²) >= 11 is 0. The maximum atomic E-state index is 12.4. The van der Waals surface area contributed by atoms with Crippen LogP contribution in [0.25, 0.3) is 0 Å². The zero-order chi connectivity index (χ0) is 38.2. The predicted molar refractivity (Wildman–Crippen MR) is 216 cm³/mol. The molecular weight excluding hydrogens is 675 g/mol. The lowest BCUT2D eigenvalue weighted by atomic mass is 10.1. The first-order chi connectivity index (χ1) is 25.3. The van der Waals surface area contributed by atoms with Gasteiger partial charge in [0.1, 0.15) is 6.61 Å². The van der Waals surface area contributed by atoms with Crippen molar-refractivity contribution in [3.63, 3.8) is 0 Å².